The maximum Gasteiger partial charge on any atom is 0.261 e. The van der Waals surface area contributed by atoms with Crippen molar-refractivity contribution in [2.75, 3.05) is 6.61 Å². The minimum atomic E-state index is -0.525. The molecular formula is C28H38N2O3. The molecule has 5 nitrogen and oxygen atoms in total. The summed E-state index contributed by atoms with van der Waals surface area (Å²) >= 11 is 0. The lowest BCUT2D eigenvalue weighted by Crippen LogP contribution is -2.52. The normalized spacial score (nSPS) is 14.8. The number of nitrogens with one attached hydrogen (secondary N) is 1. The Morgan fingerprint density at radius 1 is 1.06 bits per heavy atom. The molecule has 0 unspecified atom stereocenters. The second-order valence-corrected chi connectivity index (χ2v) is 9.40. The first-order chi connectivity index (χ1) is 15.9. The Hall–Kier alpha value is -2.82. The van der Waals surface area contributed by atoms with E-state index in [1.807, 2.05) is 62.4 Å². The molecule has 2 amide bonds. The minimum Gasteiger partial charge on any atom is -0.483 e. The Balaban J connectivity index is 1.78. The van der Waals surface area contributed by atoms with E-state index in [2.05, 4.69) is 19.2 Å². The van der Waals surface area contributed by atoms with E-state index < -0.39 is 6.04 Å². The molecule has 1 aliphatic rings. The van der Waals surface area contributed by atoms with E-state index in [9.17, 15) is 9.59 Å². The lowest BCUT2D eigenvalue weighted by atomic mass is 10.0. The first-order valence-corrected chi connectivity index (χ1v) is 12.3. The number of ether oxygens (including phenoxy) is 1. The van der Waals surface area contributed by atoms with E-state index in [1.165, 1.54) is 0 Å². The molecule has 2 aromatic rings. The van der Waals surface area contributed by atoms with Crippen LogP contribution in [0.1, 0.15) is 75.5 Å². The largest absolute Gasteiger partial charge is 0.483 e. The average molecular weight is 451 g/mol. The Morgan fingerprint density at radius 3 is 2.36 bits per heavy atom. The van der Waals surface area contributed by atoms with Gasteiger partial charge in [-0.3, -0.25) is 9.59 Å². The molecular weight excluding hydrogens is 412 g/mol. The van der Waals surface area contributed by atoms with Crippen molar-refractivity contribution < 1.29 is 14.3 Å². The van der Waals surface area contributed by atoms with Gasteiger partial charge in [-0.15, -0.1) is 0 Å². The fraction of sp³-hybridized carbons (Fsp3) is 0.500. The average Bonchev–Trinajstić information content (AvgIpc) is 3.31. The number of benzene rings is 2. The van der Waals surface area contributed by atoms with Gasteiger partial charge in [-0.05, 0) is 49.3 Å². The van der Waals surface area contributed by atoms with Crippen LogP contribution in [-0.2, 0) is 16.1 Å². The topological polar surface area (TPSA) is 58.6 Å². The molecule has 178 valence electrons. The number of carbonyl (C=O) groups is 2. The van der Waals surface area contributed by atoms with Crippen LogP contribution < -0.4 is 10.1 Å². The van der Waals surface area contributed by atoms with Crippen LogP contribution in [0.5, 0.6) is 5.75 Å². The van der Waals surface area contributed by atoms with E-state index in [4.69, 9.17) is 4.74 Å². The number of carbonyl (C=O) groups excluding carboxylic acids is 2. The summed E-state index contributed by atoms with van der Waals surface area (Å²) in [7, 11) is 0. The second-order valence-electron chi connectivity index (χ2n) is 9.40. The van der Waals surface area contributed by atoms with Crippen LogP contribution >= 0.6 is 0 Å². The van der Waals surface area contributed by atoms with E-state index in [-0.39, 0.29) is 24.5 Å². The van der Waals surface area contributed by atoms with Crippen LogP contribution in [0.2, 0.25) is 0 Å². The van der Waals surface area contributed by atoms with Crippen molar-refractivity contribution in [2.45, 2.75) is 84.3 Å². The molecule has 0 heterocycles. The number of para-hydroxylation sites is 1. The van der Waals surface area contributed by atoms with Crippen molar-refractivity contribution in [1.29, 1.82) is 0 Å². The third-order valence-corrected chi connectivity index (χ3v) is 6.45. The van der Waals surface area contributed by atoms with E-state index in [0.29, 0.717) is 18.9 Å². The van der Waals surface area contributed by atoms with Gasteiger partial charge in [0.2, 0.25) is 5.91 Å². The molecule has 5 heteroatoms. The first kappa shape index (κ1) is 24.8. The van der Waals surface area contributed by atoms with Crippen molar-refractivity contribution in [3.8, 4) is 5.75 Å². The van der Waals surface area contributed by atoms with Gasteiger partial charge in [0.1, 0.15) is 11.8 Å². The minimum absolute atomic E-state index is 0.0626. The van der Waals surface area contributed by atoms with Gasteiger partial charge >= 0.3 is 0 Å². The molecule has 1 aliphatic carbocycles. The van der Waals surface area contributed by atoms with Gasteiger partial charge in [-0.1, -0.05) is 81.6 Å². The molecule has 1 N–H and O–H groups in total. The van der Waals surface area contributed by atoms with Gasteiger partial charge < -0.3 is 15.0 Å². The van der Waals surface area contributed by atoms with Crippen LogP contribution in [-0.4, -0.2) is 35.4 Å². The van der Waals surface area contributed by atoms with Crippen LogP contribution in [0.4, 0.5) is 0 Å². The molecule has 0 aliphatic heterocycles. The Kier molecular flexibility index (Phi) is 8.93. The summed E-state index contributed by atoms with van der Waals surface area (Å²) in [4.78, 5) is 28.3. The zero-order chi connectivity index (χ0) is 23.8. The first-order valence-electron chi connectivity index (χ1n) is 12.3. The highest BCUT2D eigenvalue weighted by Gasteiger charge is 2.31. The van der Waals surface area contributed by atoms with Crippen molar-refractivity contribution in [3.63, 3.8) is 0 Å². The van der Waals surface area contributed by atoms with Gasteiger partial charge in [-0.25, -0.2) is 0 Å². The molecule has 0 bridgehead atoms. The monoisotopic (exact) mass is 450 g/mol. The second kappa shape index (κ2) is 11.9. The molecule has 0 spiro atoms. The van der Waals surface area contributed by atoms with Crippen LogP contribution in [0.15, 0.2) is 48.5 Å². The molecule has 1 saturated carbocycles. The Bertz CT molecular complexity index is 917. The number of hydrogen-bond donors (Lipinski definition) is 1. The summed E-state index contributed by atoms with van der Waals surface area (Å²) in [5.74, 6) is 0.773. The van der Waals surface area contributed by atoms with Gasteiger partial charge in [0, 0.05) is 12.6 Å². The summed E-state index contributed by atoms with van der Waals surface area (Å²) in [5, 5.41) is 3.18. The number of nitrogens with zero attached hydrogens (tertiary/aromatic N) is 1. The number of amides is 2. The molecule has 33 heavy (non-hydrogen) atoms. The SMILES string of the molecule is CC[C@H](C(=O)NC1CCCC1)N(Cc1ccc(C)cc1)C(=O)COc1ccccc1C(C)C. The maximum absolute atomic E-state index is 13.4. The zero-order valence-electron chi connectivity index (χ0n) is 20.5. The van der Waals surface area contributed by atoms with E-state index >= 15 is 0 Å². The summed E-state index contributed by atoms with van der Waals surface area (Å²) in [6.45, 7) is 8.50. The van der Waals surface area contributed by atoms with Crippen LogP contribution in [0.25, 0.3) is 0 Å². The van der Waals surface area contributed by atoms with Gasteiger partial charge in [-0.2, -0.15) is 0 Å². The van der Waals surface area contributed by atoms with Crippen LogP contribution in [0, 0.1) is 6.92 Å². The van der Waals surface area contributed by atoms with Crippen LogP contribution in [0.3, 0.4) is 0 Å². The summed E-state index contributed by atoms with van der Waals surface area (Å²) in [5.41, 5.74) is 3.24. The molecule has 1 fully saturated rings. The molecule has 3 rings (SSSR count). The molecule has 2 aromatic carbocycles. The molecule has 0 radical (unpaired) electrons. The lowest BCUT2D eigenvalue weighted by Gasteiger charge is -2.31. The molecule has 0 saturated heterocycles. The van der Waals surface area contributed by atoms with Gasteiger partial charge in [0.25, 0.3) is 5.91 Å². The standard InChI is InChI=1S/C28H38N2O3/c1-5-25(28(32)29-23-10-6-7-11-23)30(18-22-16-14-21(4)15-17-22)27(31)19-33-26-13-9-8-12-24(26)20(2)3/h8-9,12-17,20,23,25H,5-7,10-11,18-19H2,1-4H3,(H,29,32)/t25-/m1/s1. The third-order valence-electron chi connectivity index (χ3n) is 6.45. The Labute approximate surface area is 198 Å². The number of hydrogen-bond acceptors (Lipinski definition) is 3. The highest BCUT2D eigenvalue weighted by atomic mass is 16.5. The summed E-state index contributed by atoms with van der Waals surface area (Å²) < 4.78 is 5.98. The fourth-order valence-electron chi connectivity index (χ4n) is 4.49. The predicted molar refractivity (Wildman–Crippen MR) is 132 cm³/mol. The van der Waals surface area contributed by atoms with Crippen molar-refractivity contribution in [1.82, 2.24) is 10.2 Å². The summed E-state index contributed by atoms with van der Waals surface area (Å²) in [6, 6.07) is 15.6. The van der Waals surface area contributed by atoms with Crippen molar-refractivity contribution in [3.05, 3.63) is 65.2 Å². The zero-order valence-corrected chi connectivity index (χ0v) is 20.5. The van der Waals surface area contributed by atoms with Gasteiger partial charge in [0.05, 0.1) is 0 Å². The summed E-state index contributed by atoms with van der Waals surface area (Å²) in [6.07, 6.45) is 4.89. The highest BCUT2D eigenvalue weighted by molar-refractivity contribution is 5.88. The van der Waals surface area contributed by atoms with Crippen molar-refractivity contribution in [2.24, 2.45) is 0 Å². The lowest BCUT2D eigenvalue weighted by molar-refractivity contribution is -0.143. The predicted octanol–water partition coefficient (Wildman–Crippen LogP) is 5.36. The fourth-order valence-corrected chi connectivity index (χ4v) is 4.49. The highest BCUT2D eigenvalue weighted by Crippen LogP contribution is 2.26. The van der Waals surface area contributed by atoms with Crippen molar-refractivity contribution >= 4 is 11.8 Å². The number of rotatable bonds is 10. The molecule has 1 atom stereocenters. The Morgan fingerprint density at radius 2 is 1.73 bits per heavy atom. The quantitative estimate of drug-likeness (QED) is 0.530. The van der Waals surface area contributed by atoms with E-state index in [0.717, 1.165) is 48.1 Å². The maximum atomic E-state index is 13.4. The molecule has 0 aromatic heterocycles. The number of aryl methyl sites for hydroxylation is 1. The van der Waals surface area contributed by atoms with Gasteiger partial charge in [0.15, 0.2) is 6.61 Å². The third kappa shape index (κ3) is 6.83. The smallest absolute Gasteiger partial charge is 0.261 e. The van der Waals surface area contributed by atoms with E-state index in [1.54, 1.807) is 4.90 Å².